The number of nitrogens with zero attached hydrogens (tertiary/aromatic N) is 2. The molecule has 0 fully saturated rings. The molecule has 2 aromatic carbocycles. The van der Waals surface area contributed by atoms with Crippen LogP contribution >= 0.6 is 15.9 Å². The van der Waals surface area contributed by atoms with Crippen LogP contribution in [-0.4, -0.2) is 15.0 Å². The highest BCUT2D eigenvalue weighted by Gasteiger charge is 2.10. The van der Waals surface area contributed by atoms with Gasteiger partial charge >= 0.3 is 0 Å². The monoisotopic (exact) mass is 392 g/mol. The molecule has 124 valence electrons. The quantitative estimate of drug-likeness (QED) is 0.466. The van der Waals surface area contributed by atoms with Gasteiger partial charge in [-0.15, -0.1) is 0 Å². The van der Waals surface area contributed by atoms with Gasteiger partial charge < -0.3 is 10.3 Å². The lowest BCUT2D eigenvalue weighted by Gasteiger charge is -2.11. The molecule has 25 heavy (non-hydrogen) atoms. The SMILES string of the molecule is Cc1cccc(C)c1Nc1nccc(-c2c[nH]c3ccc(Br)cc23)n1. The van der Waals surface area contributed by atoms with Gasteiger partial charge in [0.15, 0.2) is 0 Å². The predicted molar refractivity (Wildman–Crippen MR) is 106 cm³/mol. The number of aromatic nitrogens is 3. The number of anilines is 2. The van der Waals surface area contributed by atoms with Crippen molar-refractivity contribution in [2.75, 3.05) is 5.32 Å². The van der Waals surface area contributed by atoms with Crippen molar-refractivity contribution in [3.63, 3.8) is 0 Å². The highest BCUT2D eigenvalue weighted by atomic mass is 79.9. The maximum Gasteiger partial charge on any atom is 0.227 e. The first-order valence-corrected chi connectivity index (χ1v) is 8.84. The van der Waals surface area contributed by atoms with Crippen LogP contribution in [0, 0.1) is 13.8 Å². The molecule has 0 aliphatic heterocycles. The molecule has 2 heterocycles. The molecule has 0 saturated heterocycles. The van der Waals surface area contributed by atoms with E-state index in [1.54, 1.807) is 6.20 Å². The summed E-state index contributed by atoms with van der Waals surface area (Å²) in [5.74, 6) is 0.597. The van der Waals surface area contributed by atoms with Crippen LogP contribution in [0.15, 0.2) is 59.3 Å². The van der Waals surface area contributed by atoms with Crippen LogP contribution in [0.2, 0.25) is 0 Å². The molecule has 4 rings (SSSR count). The van der Waals surface area contributed by atoms with Crippen molar-refractivity contribution in [2.24, 2.45) is 0 Å². The van der Waals surface area contributed by atoms with Crippen molar-refractivity contribution in [3.8, 4) is 11.3 Å². The second-order valence-corrected chi connectivity index (χ2v) is 6.97. The van der Waals surface area contributed by atoms with E-state index in [-0.39, 0.29) is 0 Å². The Kier molecular flexibility index (Phi) is 4.01. The molecule has 2 aromatic heterocycles. The average Bonchev–Trinajstić information content (AvgIpc) is 3.01. The summed E-state index contributed by atoms with van der Waals surface area (Å²) in [5, 5.41) is 4.49. The molecule has 2 N–H and O–H groups in total. The van der Waals surface area contributed by atoms with Gasteiger partial charge in [0, 0.05) is 39.0 Å². The molecule has 0 spiro atoms. The maximum atomic E-state index is 4.71. The molecule has 0 unspecified atom stereocenters. The lowest BCUT2D eigenvalue weighted by molar-refractivity contribution is 1.16. The van der Waals surface area contributed by atoms with E-state index >= 15 is 0 Å². The Morgan fingerprint density at radius 1 is 1.04 bits per heavy atom. The first-order valence-electron chi connectivity index (χ1n) is 8.05. The number of fused-ring (bicyclic) bond motifs is 1. The van der Waals surface area contributed by atoms with Gasteiger partial charge in [-0.25, -0.2) is 9.97 Å². The summed E-state index contributed by atoms with van der Waals surface area (Å²) in [6, 6.07) is 14.3. The Morgan fingerprint density at radius 3 is 2.64 bits per heavy atom. The number of H-pyrrole nitrogens is 1. The molecule has 5 heteroatoms. The topological polar surface area (TPSA) is 53.6 Å². The third-order valence-electron chi connectivity index (χ3n) is 4.29. The summed E-state index contributed by atoms with van der Waals surface area (Å²) in [6.45, 7) is 4.16. The van der Waals surface area contributed by atoms with E-state index in [0.717, 1.165) is 32.3 Å². The summed E-state index contributed by atoms with van der Waals surface area (Å²) in [5.41, 5.74) is 6.42. The third-order valence-corrected chi connectivity index (χ3v) is 4.79. The van der Waals surface area contributed by atoms with Crippen LogP contribution in [0.1, 0.15) is 11.1 Å². The Balaban J connectivity index is 1.75. The molecule has 0 saturated carbocycles. The van der Waals surface area contributed by atoms with Crippen molar-refractivity contribution < 1.29 is 0 Å². The fourth-order valence-corrected chi connectivity index (χ4v) is 3.36. The highest BCUT2D eigenvalue weighted by Crippen LogP contribution is 2.30. The fourth-order valence-electron chi connectivity index (χ4n) is 3.00. The van der Waals surface area contributed by atoms with E-state index in [0.29, 0.717) is 5.95 Å². The summed E-state index contributed by atoms with van der Waals surface area (Å²) in [7, 11) is 0. The number of rotatable bonds is 3. The second-order valence-electron chi connectivity index (χ2n) is 6.05. The standard InChI is InChI=1S/C20H17BrN4/c1-12-4-3-5-13(2)19(12)25-20-22-9-8-18(24-20)16-11-23-17-7-6-14(21)10-15(16)17/h3-11,23H,1-2H3,(H,22,24,25). The zero-order valence-electron chi connectivity index (χ0n) is 14.0. The number of aromatic amines is 1. The minimum absolute atomic E-state index is 0.597. The number of hydrogen-bond acceptors (Lipinski definition) is 3. The molecule has 0 amide bonds. The van der Waals surface area contributed by atoms with Gasteiger partial charge in [-0.3, -0.25) is 0 Å². The number of nitrogens with one attached hydrogen (secondary N) is 2. The van der Waals surface area contributed by atoms with Crippen LogP contribution in [-0.2, 0) is 0 Å². The van der Waals surface area contributed by atoms with Crippen molar-refractivity contribution >= 4 is 38.5 Å². The molecule has 4 aromatic rings. The van der Waals surface area contributed by atoms with Gasteiger partial charge in [0.25, 0.3) is 0 Å². The summed E-state index contributed by atoms with van der Waals surface area (Å²) < 4.78 is 1.05. The first-order chi connectivity index (χ1) is 12.1. The Hall–Kier alpha value is -2.66. The largest absolute Gasteiger partial charge is 0.360 e. The number of benzene rings is 2. The molecular weight excluding hydrogens is 376 g/mol. The van der Waals surface area contributed by atoms with Crippen LogP contribution in [0.25, 0.3) is 22.2 Å². The Morgan fingerprint density at radius 2 is 1.84 bits per heavy atom. The smallest absolute Gasteiger partial charge is 0.227 e. The third kappa shape index (κ3) is 3.03. The van der Waals surface area contributed by atoms with E-state index < -0.39 is 0 Å². The van der Waals surface area contributed by atoms with Gasteiger partial charge in [0.2, 0.25) is 5.95 Å². The molecule has 0 atom stereocenters. The van der Waals surface area contributed by atoms with Gasteiger partial charge in [0.1, 0.15) is 0 Å². The summed E-state index contributed by atoms with van der Waals surface area (Å²) in [4.78, 5) is 12.4. The van der Waals surface area contributed by atoms with Gasteiger partial charge in [-0.1, -0.05) is 34.1 Å². The fraction of sp³-hybridized carbons (Fsp3) is 0.100. The van der Waals surface area contributed by atoms with E-state index in [2.05, 4.69) is 75.4 Å². The van der Waals surface area contributed by atoms with E-state index in [1.165, 1.54) is 11.1 Å². The molecule has 0 aliphatic rings. The van der Waals surface area contributed by atoms with Crippen molar-refractivity contribution in [2.45, 2.75) is 13.8 Å². The zero-order valence-corrected chi connectivity index (χ0v) is 15.6. The summed E-state index contributed by atoms with van der Waals surface area (Å²) >= 11 is 3.54. The Labute approximate surface area is 154 Å². The lowest BCUT2D eigenvalue weighted by atomic mass is 10.1. The first kappa shape index (κ1) is 15.8. The molecule has 0 aliphatic carbocycles. The molecule has 0 radical (unpaired) electrons. The predicted octanol–water partition coefficient (Wildman–Crippen LogP) is 5.75. The van der Waals surface area contributed by atoms with Crippen molar-refractivity contribution in [1.29, 1.82) is 0 Å². The van der Waals surface area contributed by atoms with Crippen LogP contribution in [0.3, 0.4) is 0 Å². The van der Waals surface area contributed by atoms with Crippen LogP contribution < -0.4 is 5.32 Å². The highest BCUT2D eigenvalue weighted by molar-refractivity contribution is 9.10. The van der Waals surface area contributed by atoms with E-state index in [1.807, 2.05) is 18.3 Å². The Bertz CT molecular complexity index is 1050. The van der Waals surface area contributed by atoms with E-state index in [9.17, 15) is 0 Å². The summed E-state index contributed by atoms with van der Waals surface area (Å²) in [6.07, 6.45) is 3.78. The van der Waals surface area contributed by atoms with Gasteiger partial charge in [-0.05, 0) is 49.2 Å². The number of hydrogen-bond donors (Lipinski definition) is 2. The number of halogens is 1. The maximum absolute atomic E-state index is 4.71. The minimum atomic E-state index is 0.597. The van der Waals surface area contributed by atoms with Gasteiger partial charge in [0.05, 0.1) is 5.69 Å². The number of aryl methyl sites for hydroxylation is 2. The van der Waals surface area contributed by atoms with E-state index in [4.69, 9.17) is 4.98 Å². The molecular formula is C20H17BrN4. The van der Waals surface area contributed by atoms with Crippen LogP contribution in [0.5, 0.6) is 0 Å². The second kappa shape index (κ2) is 6.33. The molecule has 0 bridgehead atoms. The zero-order chi connectivity index (χ0) is 17.4. The normalized spacial score (nSPS) is 11.0. The van der Waals surface area contributed by atoms with Crippen molar-refractivity contribution in [1.82, 2.24) is 15.0 Å². The number of para-hydroxylation sites is 1. The van der Waals surface area contributed by atoms with Gasteiger partial charge in [-0.2, -0.15) is 0 Å². The molecule has 4 nitrogen and oxygen atoms in total. The average molecular weight is 393 g/mol. The van der Waals surface area contributed by atoms with Crippen molar-refractivity contribution in [3.05, 3.63) is 70.5 Å². The minimum Gasteiger partial charge on any atom is -0.360 e. The van der Waals surface area contributed by atoms with Crippen LogP contribution in [0.4, 0.5) is 11.6 Å². The lowest BCUT2D eigenvalue weighted by Crippen LogP contribution is -2.01.